The van der Waals surface area contributed by atoms with Crippen LogP contribution in [0.25, 0.3) is 0 Å². The molecule has 1 fully saturated rings. The summed E-state index contributed by atoms with van der Waals surface area (Å²) in [6.07, 6.45) is 4.21. The van der Waals surface area contributed by atoms with Gasteiger partial charge in [-0.25, -0.2) is 4.98 Å². The van der Waals surface area contributed by atoms with Gasteiger partial charge in [0.2, 0.25) is 5.91 Å². The van der Waals surface area contributed by atoms with Crippen LogP contribution in [0.1, 0.15) is 23.2 Å². The van der Waals surface area contributed by atoms with E-state index in [2.05, 4.69) is 37.8 Å². The molecule has 2 heterocycles. The number of anilines is 2. The maximum atomic E-state index is 12.4. The van der Waals surface area contributed by atoms with Crippen LogP contribution < -0.4 is 10.2 Å². The van der Waals surface area contributed by atoms with E-state index >= 15 is 0 Å². The molecule has 1 aromatic carbocycles. The van der Waals surface area contributed by atoms with Gasteiger partial charge in [0.25, 0.3) is 0 Å². The topological polar surface area (TPSA) is 62.3 Å². The maximum Gasteiger partial charge on any atom is 0.228 e. The fraction of sp³-hybridized carbons (Fsp3) is 0.278. The number of hydrogen-bond donors (Lipinski definition) is 1. The van der Waals surface area contributed by atoms with Crippen LogP contribution in [0.4, 0.5) is 11.5 Å². The number of pyridine rings is 1. The molecule has 24 heavy (non-hydrogen) atoms. The first-order valence-corrected chi connectivity index (χ1v) is 8.96. The van der Waals surface area contributed by atoms with Crippen molar-refractivity contribution in [2.75, 3.05) is 23.3 Å². The number of piperidine rings is 1. The second kappa shape index (κ2) is 7.74. The lowest BCUT2D eigenvalue weighted by Gasteiger charge is -2.33. The van der Waals surface area contributed by atoms with Crippen molar-refractivity contribution in [1.82, 2.24) is 4.98 Å². The highest BCUT2D eigenvalue weighted by Crippen LogP contribution is 2.24. The number of nitrogens with zero attached hydrogens (tertiary/aromatic N) is 2. The molecule has 124 valence electrons. The molecular formula is C18H18IN3O2. The largest absolute Gasteiger partial charge is 0.371 e. The molecule has 3 rings (SSSR count). The van der Waals surface area contributed by atoms with Crippen LogP contribution in [-0.2, 0) is 4.79 Å². The summed E-state index contributed by atoms with van der Waals surface area (Å²) in [5, 5.41) is 2.90. The number of halogens is 1. The quantitative estimate of drug-likeness (QED) is 0.591. The minimum Gasteiger partial charge on any atom is -0.371 e. The Bertz CT molecular complexity index is 708. The van der Waals surface area contributed by atoms with Gasteiger partial charge in [0.15, 0.2) is 0 Å². The number of carbonyl (C=O) groups is 2. The van der Waals surface area contributed by atoms with Crippen LogP contribution in [0.3, 0.4) is 0 Å². The first-order valence-electron chi connectivity index (χ1n) is 7.88. The summed E-state index contributed by atoms with van der Waals surface area (Å²) in [7, 11) is 0. The minimum absolute atomic E-state index is 0.0107. The van der Waals surface area contributed by atoms with Crippen molar-refractivity contribution in [3.63, 3.8) is 0 Å². The smallest absolute Gasteiger partial charge is 0.228 e. The van der Waals surface area contributed by atoms with Gasteiger partial charge in [-0.15, -0.1) is 0 Å². The number of carbonyl (C=O) groups excluding carboxylic acids is 2. The molecule has 2 aromatic rings. The molecular weight excluding hydrogens is 417 g/mol. The Hall–Kier alpha value is -1.96. The highest BCUT2D eigenvalue weighted by atomic mass is 127. The standard InChI is InChI=1S/C18H18IN3O2/c19-15-3-6-17(20-11-15)21-18(24)14-7-9-22(10-8-14)16-4-1-13(12-23)2-5-16/h1-6,11-12,14H,7-10H2,(H,20,21,24). The third-order valence-corrected chi connectivity index (χ3v) is 4.88. The average molecular weight is 435 g/mol. The van der Waals surface area contributed by atoms with E-state index in [1.54, 1.807) is 6.20 Å². The first kappa shape index (κ1) is 16.9. The predicted molar refractivity (Wildman–Crippen MR) is 102 cm³/mol. The SMILES string of the molecule is O=Cc1ccc(N2CCC(C(=O)Nc3ccc(I)cn3)CC2)cc1. The summed E-state index contributed by atoms with van der Waals surface area (Å²) in [5.74, 6) is 0.656. The maximum absolute atomic E-state index is 12.4. The average Bonchev–Trinajstić information content (AvgIpc) is 2.64. The lowest BCUT2D eigenvalue weighted by molar-refractivity contribution is -0.120. The van der Waals surface area contributed by atoms with E-state index in [-0.39, 0.29) is 11.8 Å². The zero-order chi connectivity index (χ0) is 16.9. The molecule has 0 unspecified atom stereocenters. The van der Waals surface area contributed by atoms with Crippen LogP contribution in [0, 0.1) is 9.49 Å². The van der Waals surface area contributed by atoms with Gasteiger partial charge in [0, 0.05) is 40.0 Å². The van der Waals surface area contributed by atoms with E-state index in [4.69, 9.17) is 0 Å². The highest BCUT2D eigenvalue weighted by Gasteiger charge is 2.25. The Morgan fingerprint density at radius 3 is 2.46 bits per heavy atom. The van der Waals surface area contributed by atoms with Gasteiger partial charge in [0.1, 0.15) is 12.1 Å². The van der Waals surface area contributed by atoms with Gasteiger partial charge < -0.3 is 10.2 Å². The molecule has 0 atom stereocenters. The molecule has 1 aliphatic heterocycles. The monoisotopic (exact) mass is 435 g/mol. The zero-order valence-electron chi connectivity index (χ0n) is 13.1. The predicted octanol–water partition coefficient (Wildman–Crippen LogP) is 3.35. The van der Waals surface area contributed by atoms with Crippen molar-refractivity contribution < 1.29 is 9.59 Å². The van der Waals surface area contributed by atoms with Crippen LogP contribution in [0.15, 0.2) is 42.6 Å². The molecule has 1 N–H and O–H groups in total. The van der Waals surface area contributed by atoms with Gasteiger partial charge in [-0.2, -0.15) is 0 Å². The van der Waals surface area contributed by atoms with Crippen LogP contribution in [-0.4, -0.2) is 30.3 Å². The van der Waals surface area contributed by atoms with Gasteiger partial charge in [-0.3, -0.25) is 9.59 Å². The van der Waals surface area contributed by atoms with Crippen LogP contribution in [0.5, 0.6) is 0 Å². The molecule has 1 saturated heterocycles. The Morgan fingerprint density at radius 2 is 1.88 bits per heavy atom. The Kier molecular flexibility index (Phi) is 5.44. The Labute approximate surface area is 154 Å². The third-order valence-electron chi connectivity index (χ3n) is 4.24. The number of hydrogen-bond acceptors (Lipinski definition) is 4. The van der Waals surface area contributed by atoms with Crippen molar-refractivity contribution in [1.29, 1.82) is 0 Å². The lowest BCUT2D eigenvalue weighted by Crippen LogP contribution is -2.38. The number of rotatable bonds is 4. The highest BCUT2D eigenvalue weighted by molar-refractivity contribution is 14.1. The van der Waals surface area contributed by atoms with Gasteiger partial charge in [0.05, 0.1) is 0 Å². The third kappa shape index (κ3) is 4.11. The van der Waals surface area contributed by atoms with E-state index in [1.165, 1.54) is 0 Å². The number of aldehydes is 1. The summed E-state index contributed by atoms with van der Waals surface area (Å²) in [6.45, 7) is 1.66. The van der Waals surface area contributed by atoms with Crippen LogP contribution in [0.2, 0.25) is 0 Å². The second-order valence-corrected chi connectivity index (χ2v) is 7.07. The molecule has 5 nitrogen and oxygen atoms in total. The van der Waals surface area contributed by atoms with Crippen molar-refractivity contribution in [2.45, 2.75) is 12.8 Å². The molecule has 0 bridgehead atoms. The van der Waals surface area contributed by atoms with E-state index in [9.17, 15) is 9.59 Å². The normalized spacial score (nSPS) is 15.1. The summed E-state index contributed by atoms with van der Waals surface area (Å²) in [4.78, 5) is 29.6. The van der Waals surface area contributed by atoms with Crippen molar-refractivity contribution in [3.05, 3.63) is 51.7 Å². The molecule has 0 spiro atoms. The summed E-state index contributed by atoms with van der Waals surface area (Å²) >= 11 is 2.19. The van der Waals surface area contributed by atoms with E-state index < -0.39 is 0 Å². The molecule has 0 saturated carbocycles. The Balaban J connectivity index is 1.54. The molecule has 1 amide bonds. The summed E-state index contributed by atoms with van der Waals surface area (Å²) in [6, 6.07) is 11.3. The number of benzene rings is 1. The molecule has 0 aliphatic carbocycles. The van der Waals surface area contributed by atoms with E-state index in [0.717, 1.165) is 41.5 Å². The second-order valence-electron chi connectivity index (χ2n) is 5.82. The van der Waals surface area contributed by atoms with Crippen molar-refractivity contribution in [3.8, 4) is 0 Å². The fourth-order valence-corrected chi connectivity index (χ4v) is 3.16. The van der Waals surface area contributed by atoms with Crippen molar-refractivity contribution in [2.24, 2.45) is 5.92 Å². The van der Waals surface area contributed by atoms with Crippen LogP contribution >= 0.6 is 22.6 Å². The lowest BCUT2D eigenvalue weighted by atomic mass is 9.95. The molecule has 0 radical (unpaired) electrons. The van der Waals surface area contributed by atoms with E-state index in [1.807, 2.05) is 36.4 Å². The fourth-order valence-electron chi connectivity index (χ4n) is 2.84. The molecule has 6 heteroatoms. The summed E-state index contributed by atoms with van der Waals surface area (Å²) < 4.78 is 1.04. The number of aromatic nitrogens is 1. The van der Waals surface area contributed by atoms with Gasteiger partial charge in [-0.05, 0) is 71.8 Å². The van der Waals surface area contributed by atoms with Gasteiger partial charge >= 0.3 is 0 Å². The van der Waals surface area contributed by atoms with Gasteiger partial charge in [-0.1, -0.05) is 0 Å². The molecule has 1 aliphatic rings. The van der Waals surface area contributed by atoms with E-state index in [0.29, 0.717) is 11.4 Å². The Morgan fingerprint density at radius 1 is 1.17 bits per heavy atom. The summed E-state index contributed by atoms with van der Waals surface area (Å²) in [5.41, 5.74) is 1.77. The zero-order valence-corrected chi connectivity index (χ0v) is 15.3. The minimum atomic E-state index is 0.0107. The number of amides is 1. The molecule has 1 aromatic heterocycles. The number of nitrogens with one attached hydrogen (secondary N) is 1. The first-order chi connectivity index (χ1) is 11.7. The van der Waals surface area contributed by atoms with Crippen molar-refractivity contribution >= 4 is 46.3 Å².